The van der Waals surface area contributed by atoms with Gasteiger partial charge in [0.05, 0.1) is 11.9 Å². The van der Waals surface area contributed by atoms with Crippen LogP contribution >= 0.6 is 11.8 Å². The third kappa shape index (κ3) is 4.22. The summed E-state index contributed by atoms with van der Waals surface area (Å²) in [5.74, 6) is 0.393. The summed E-state index contributed by atoms with van der Waals surface area (Å²) in [6.45, 7) is 4.36. The monoisotopic (exact) mass is 331 g/mol. The molecule has 1 aromatic rings. The second-order valence-electron chi connectivity index (χ2n) is 5.91. The number of aliphatic hydroxyl groups excluding tert-OH is 1. The minimum atomic E-state index is -0.466. The number of benzene rings is 1. The molecule has 0 aromatic heterocycles. The first-order valence-corrected chi connectivity index (χ1v) is 8.76. The Balaban J connectivity index is 1.56. The van der Waals surface area contributed by atoms with Crippen molar-refractivity contribution in [2.75, 3.05) is 25.4 Å². The normalized spacial score (nSPS) is 20.5. The SMILES string of the molecule is Cc1ccc(C(O)CN2CC=C(C3=NNC(=O)CS3)CC2)cc1. The molecule has 2 aliphatic heterocycles. The van der Waals surface area contributed by atoms with Crippen LogP contribution in [0, 0.1) is 6.92 Å². The van der Waals surface area contributed by atoms with E-state index in [1.165, 1.54) is 22.9 Å². The molecule has 0 saturated carbocycles. The Kier molecular flexibility index (Phi) is 5.15. The van der Waals surface area contributed by atoms with E-state index in [4.69, 9.17) is 0 Å². The molecule has 1 unspecified atom stereocenters. The Bertz CT molecular complexity index is 640. The standard InChI is InChI=1S/C17H21N3O2S/c1-12-2-4-13(5-3-12)15(21)10-20-8-6-14(7-9-20)17-19-18-16(22)11-23-17/h2-6,15,21H,7-11H2,1H3,(H,18,22). The third-order valence-corrected chi connectivity index (χ3v) is 5.12. The molecule has 2 N–H and O–H groups in total. The van der Waals surface area contributed by atoms with Gasteiger partial charge in [0.2, 0.25) is 0 Å². The number of hydrogen-bond acceptors (Lipinski definition) is 5. The van der Waals surface area contributed by atoms with Gasteiger partial charge in [0.25, 0.3) is 5.91 Å². The topological polar surface area (TPSA) is 64.9 Å². The van der Waals surface area contributed by atoms with Crippen molar-refractivity contribution in [3.63, 3.8) is 0 Å². The van der Waals surface area contributed by atoms with Gasteiger partial charge in [0, 0.05) is 19.6 Å². The van der Waals surface area contributed by atoms with E-state index in [2.05, 4.69) is 21.5 Å². The lowest BCUT2D eigenvalue weighted by molar-refractivity contribution is -0.118. The van der Waals surface area contributed by atoms with E-state index in [1.807, 2.05) is 31.2 Å². The molecule has 3 rings (SSSR count). The van der Waals surface area contributed by atoms with Gasteiger partial charge in [-0.15, -0.1) is 0 Å². The Morgan fingerprint density at radius 3 is 2.78 bits per heavy atom. The third-order valence-electron chi connectivity index (χ3n) is 4.08. The molecule has 0 saturated heterocycles. The summed E-state index contributed by atoms with van der Waals surface area (Å²) in [5.41, 5.74) is 5.88. The number of rotatable bonds is 4. The molecule has 1 atom stereocenters. The van der Waals surface area contributed by atoms with E-state index in [0.29, 0.717) is 12.3 Å². The molecule has 23 heavy (non-hydrogen) atoms. The zero-order chi connectivity index (χ0) is 16.2. The molecule has 122 valence electrons. The number of carbonyl (C=O) groups is 1. The molecule has 0 radical (unpaired) electrons. The molecule has 1 aromatic carbocycles. The fraction of sp³-hybridized carbons (Fsp3) is 0.412. The quantitative estimate of drug-likeness (QED) is 0.883. The van der Waals surface area contributed by atoms with Crippen LogP contribution in [-0.4, -0.2) is 46.3 Å². The van der Waals surface area contributed by atoms with Crippen molar-refractivity contribution in [1.82, 2.24) is 10.3 Å². The van der Waals surface area contributed by atoms with Crippen LogP contribution in [0.5, 0.6) is 0 Å². The number of nitrogens with one attached hydrogen (secondary N) is 1. The van der Waals surface area contributed by atoms with Crippen LogP contribution in [0.4, 0.5) is 0 Å². The van der Waals surface area contributed by atoms with E-state index in [1.54, 1.807) is 0 Å². The Hall–Kier alpha value is -1.63. The number of hydrogen-bond donors (Lipinski definition) is 2. The number of aliphatic hydroxyl groups is 1. The van der Waals surface area contributed by atoms with Crippen molar-refractivity contribution < 1.29 is 9.90 Å². The first-order chi connectivity index (χ1) is 11.1. The van der Waals surface area contributed by atoms with Crippen molar-refractivity contribution in [1.29, 1.82) is 0 Å². The summed E-state index contributed by atoms with van der Waals surface area (Å²) in [4.78, 5) is 13.4. The summed E-state index contributed by atoms with van der Waals surface area (Å²) >= 11 is 1.49. The maximum atomic E-state index is 11.1. The zero-order valence-electron chi connectivity index (χ0n) is 13.2. The van der Waals surface area contributed by atoms with Gasteiger partial charge in [-0.1, -0.05) is 47.7 Å². The molecule has 0 fully saturated rings. The molecule has 2 heterocycles. The van der Waals surface area contributed by atoms with Gasteiger partial charge in [-0.25, -0.2) is 5.43 Å². The van der Waals surface area contributed by atoms with Crippen molar-refractivity contribution in [3.8, 4) is 0 Å². The van der Waals surface area contributed by atoms with Gasteiger partial charge in [-0.2, -0.15) is 5.10 Å². The highest BCUT2D eigenvalue weighted by Gasteiger charge is 2.21. The van der Waals surface area contributed by atoms with Crippen molar-refractivity contribution in [2.45, 2.75) is 19.4 Å². The van der Waals surface area contributed by atoms with Crippen LogP contribution in [0.15, 0.2) is 41.0 Å². The molecule has 0 aliphatic carbocycles. The highest BCUT2D eigenvalue weighted by atomic mass is 32.2. The Morgan fingerprint density at radius 2 is 2.17 bits per heavy atom. The maximum Gasteiger partial charge on any atom is 0.250 e. The predicted octanol–water partition coefficient (Wildman–Crippen LogP) is 1.84. The van der Waals surface area contributed by atoms with Gasteiger partial charge in [0.15, 0.2) is 0 Å². The average Bonchev–Trinajstić information content (AvgIpc) is 2.57. The van der Waals surface area contributed by atoms with Crippen LogP contribution in [-0.2, 0) is 4.79 Å². The van der Waals surface area contributed by atoms with Crippen molar-refractivity contribution in [2.24, 2.45) is 5.10 Å². The lowest BCUT2D eigenvalue weighted by atomic mass is 10.0. The lowest BCUT2D eigenvalue weighted by Crippen LogP contribution is -2.34. The Morgan fingerprint density at radius 1 is 1.39 bits per heavy atom. The van der Waals surface area contributed by atoms with Gasteiger partial charge in [-0.3, -0.25) is 9.69 Å². The fourth-order valence-corrected chi connectivity index (χ4v) is 3.50. The van der Waals surface area contributed by atoms with Gasteiger partial charge in [-0.05, 0) is 24.5 Å². The van der Waals surface area contributed by atoms with Crippen LogP contribution in [0.1, 0.15) is 23.7 Å². The summed E-state index contributed by atoms with van der Waals surface area (Å²) < 4.78 is 0. The summed E-state index contributed by atoms with van der Waals surface area (Å²) in [6.07, 6.45) is 2.57. The van der Waals surface area contributed by atoms with Gasteiger partial charge in [0.1, 0.15) is 5.04 Å². The molecule has 0 bridgehead atoms. The van der Waals surface area contributed by atoms with Crippen LogP contribution in [0.25, 0.3) is 0 Å². The zero-order valence-corrected chi connectivity index (χ0v) is 14.0. The number of β-amino-alcohol motifs (C(OH)–C–C–N with tert-alkyl or cyclic N) is 1. The highest BCUT2D eigenvalue weighted by Crippen LogP contribution is 2.23. The number of carbonyl (C=O) groups excluding carboxylic acids is 1. The summed E-state index contributed by atoms with van der Waals surface area (Å²) in [6, 6.07) is 8.03. The lowest BCUT2D eigenvalue weighted by Gasteiger charge is -2.29. The van der Waals surface area contributed by atoms with Crippen molar-refractivity contribution >= 4 is 22.7 Å². The summed E-state index contributed by atoms with van der Waals surface area (Å²) in [5, 5.41) is 15.4. The molecule has 5 nitrogen and oxygen atoms in total. The number of aryl methyl sites for hydroxylation is 1. The predicted molar refractivity (Wildman–Crippen MR) is 93.3 cm³/mol. The van der Waals surface area contributed by atoms with Crippen LogP contribution < -0.4 is 5.43 Å². The summed E-state index contributed by atoms with van der Waals surface area (Å²) in [7, 11) is 0. The second-order valence-corrected chi connectivity index (χ2v) is 6.87. The van der Waals surface area contributed by atoms with Crippen molar-refractivity contribution in [3.05, 3.63) is 47.0 Å². The van der Waals surface area contributed by atoms with E-state index in [9.17, 15) is 9.90 Å². The maximum absolute atomic E-state index is 11.1. The number of hydrazone groups is 1. The highest BCUT2D eigenvalue weighted by molar-refractivity contribution is 8.15. The molecule has 1 amide bonds. The van der Waals surface area contributed by atoms with Crippen LogP contribution in [0.2, 0.25) is 0 Å². The molecular weight excluding hydrogens is 310 g/mol. The molecule has 6 heteroatoms. The van der Waals surface area contributed by atoms with E-state index in [-0.39, 0.29) is 5.91 Å². The van der Waals surface area contributed by atoms with E-state index in [0.717, 1.165) is 30.1 Å². The largest absolute Gasteiger partial charge is 0.387 e. The fourth-order valence-electron chi connectivity index (χ4n) is 2.69. The van der Waals surface area contributed by atoms with E-state index >= 15 is 0 Å². The van der Waals surface area contributed by atoms with Gasteiger partial charge < -0.3 is 5.11 Å². The minimum Gasteiger partial charge on any atom is -0.387 e. The van der Waals surface area contributed by atoms with Gasteiger partial charge >= 0.3 is 0 Å². The smallest absolute Gasteiger partial charge is 0.250 e. The van der Waals surface area contributed by atoms with E-state index < -0.39 is 6.10 Å². The average molecular weight is 331 g/mol. The molecule has 2 aliphatic rings. The number of nitrogens with zero attached hydrogens (tertiary/aromatic N) is 2. The Labute approximate surface area is 140 Å². The molecular formula is C17H21N3O2S. The first-order valence-electron chi connectivity index (χ1n) is 7.77. The second kappa shape index (κ2) is 7.29. The first kappa shape index (κ1) is 16.2. The number of amides is 1. The minimum absolute atomic E-state index is 0.0435. The van der Waals surface area contributed by atoms with Crippen LogP contribution in [0.3, 0.4) is 0 Å². The molecule has 0 spiro atoms. The number of thioether (sulfide) groups is 1.